The smallest absolute Gasteiger partial charge is 0.0686 e. The highest BCUT2D eigenvalue weighted by atomic mass is 127. The highest BCUT2D eigenvalue weighted by Gasteiger charge is 2.44. The molecule has 0 bridgehead atoms. The van der Waals surface area contributed by atoms with Gasteiger partial charge in [-0.25, -0.2) is 0 Å². The van der Waals surface area contributed by atoms with Gasteiger partial charge in [-0.1, -0.05) is 12.1 Å². The molecule has 3 heteroatoms. The Labute approximate surface area is 129 Å². The molecular weight excluding hydrogens is 349 g/mol. The number of rotatable bonds is 3. The Morgan fingerprint density at radius 2 is 2.26 bits per heavy atom. The lowest BCUT2D eigenvalue weighted by atomic mass is 9.69. The van der Waals surface area contributed by atoms with Gasteiger partial charge in [0, 0.05) is 16.2 Å². The topological polar surface area (TPSA) is 21.3 Å². The fourth-order valence-corrected chi connectivity index (χ4v) is 4.21. The van der Waals surface area contributed by atoms with Crippen molar-refractivity contribution in [3.8, 4) is 0 Å². The molecule has 2 fully saturated rings. The zero-order valence-electron chi connectivity index (χ0n) is 11.5. The van der Waals surface area contributed by atoms with E-state index >= 15 is 0 Å². The van der Waals surface area contributed by atoms with Gasteiger partial charge >= 0.3 is 0 Å². The van der Waals surface area contributed by atoms with Crippen molar-refractivity contribution in [3.05, 3.63) is 33.4 Å². The first kappa shape index (κ1) is 13.8. The van der Waals surface area contributed by atoms with E-state index in [1.165, 1.54) is 41.2 Å². The first-order valence-corrected chi connectivity index (χ1v) is 8.37. The molecule has 1 saturated carbocycles. The van der Waals surface area contributed by atoms with Crippen LogP contribution in [0, 0.1) is 9.49 Å². The SMILES string of the molecule is CNC(c1cccc(I)c1)C1CCOC2(CCC2)C1. The molecule has 1 aromatic rings. The predicted molar refractivity (Wildman–Crippen MR) is 86.2 cm³/mol. The fourth-order valence-electron chi connectivity index (χ4n) is 3.64. The minimum absolute atomic E-state index is 0.236. The van der Waals surface area contributed by atoms with Crippen LogP contribution in [0.4, 0.5) is 0 Å². The van der Waals surface area contributed by atoms with Gasteiger partial charge in [-0.15, -0.1) is 0 Å². The van der Waals surface area contributed by atoms with Crippen LogP contribution in [0.25, 0.3) is 0 Å². The lowest BCUT2D eigenvalue weighted by Crippen LogP contribution is -2.47. The standard InChI is InChI=1S/C16H22INO/c1-18-15(12-4-2-5-14(17)10-12)13-6-9-19-16(11-13)7-3-8-16/h2,4-5,10,13,15,18H,3,6-9,11H2,1H3. The number of benzene rings is 1. The molecule has 1 saturated heterocycles. The molecule has 104 valence electrons. The summed E-state index contributed by atoms with van der Waals surface area (Å²) in [7, 11) is 2.09. The van der Waals surface area contributed by atoms with Gasteiger partial charge in [0.1, 0.15) is 0 Å². The Balaban J connectivity index is 1.78. The number of halogens is 1. The summed E-state index contributed by atoms with van der Waals surface area (Å²) in [5.74, 6) is 0.706. The minimum atomic E-state index is 0.236. The zero-order valence-corrected chi connectivity index (χ0v) is 13.7. The summed E-state index contributed by atoms with van der Waals surface area (Å²) in [6.45, 7) is 0.937. The van der Waals surface area contributed by atoms with E-state index < -0.39 is 0 Å². The molecule has 2 nitrogen and oxygen atoms in total. The Morgan fingerprint density at radius 3 is 2.89 bits per heavy atom. The second-order valence-corrected chi connectivity index (χ2v) is 7.20. The molecule has 1 spiro atoms. The molecule has 19 heavy (non-hydrogen) atoms. The average molecular weight is 371 g/mol. The molecule has 1 aromatic carbocycles. The van der Waals surface area contributed by atoms with Crippen molar-refractivity contribution in [3.63, 3.8) is 0 Å². The summed E-state index contributed by atoms with van der Waals surface area (Å²) >= 11 is 2.40. The van der Waals surface area contributed by atoms with Gasteiger partial charge in [-0.2, -0.15) is 0 Å². The lowest BCUT2D eigenvalue weighted by Gasteiger charge is -2.48. The van der Waals surface area contributed by atoms with Crippen LogP contribution in [0.15, 0.2) is 24.3 Å². The van der Waals surface area contributed by atoms with Crippen molar-refractivity contribution in [2.45, 2.75) is 43.7 Å². The molecule has 1 N–H and O–H groups in total. The maximum Gasteiger partial charge on any atom is 0.0686 e. The Morgan fingerprint density at radius 1 is 1.42 bits per heavy atom. The average Bonchev–Trinajstić information content (AvgIpc) is 2.38. The van der Waals surface area contributed by atoms with Gasteiger partial charge in [-0.05, 0) is 85.4 Å². The van der Waals surface area contributed by atoms with Gasteiger partial charge in [-0.3, -0.25) is 0 Å². The Hall–Kier alpha value is -0.130. The number of hydrogen-bond acceptors (Lipinski definition) is 2. The maximum absolute atomic E-state index is 6.06. The van der Waals surface area contributed by atoms with Crippen molar-refractivity contribution >= 4 is 22.6 Å². The van der Waals surface area contributed by atoms with E-state index in [4.69, 9.17) is 4.74 Å². The fraction of sp³-hybridized carbons (Fsp3) is 0.625. The van der Waals surface area contributed by atoms with Crippen LogP contribution >= 0.6 is 22.6 Å². The summed E-state index contributed by atoms with van der Waals surface area (Å²) in [5.41, 5.74) is 1.66. The van der Waals surface area contributed by atoms with E-state index in [9.17, 15) is 0 Å². The van der Waals surface area contributed by atoms with Crippen LogP contribution < -0.4 is 5.32 Å². The second-order valence-electron chi connectivity index (χ2n) is 5.96. The molecule has 1 heterocycles. The van der Waals surface area contributed by atoms with E-state index in [-0.39, 0.29) is 5.60 Å². The van der Waals surface area contributed by atoms with Crippen molar-refractivity contribution in [1.82, 2.24) is 5.32 Å². The van der Waals surface area contributed by atoms with Crippen molar-refractivity contribution in [1.29, 1.82) is 0 Å². The molecule has 1 aliphatic heterocycles. The maximum atomic E-state index is 6.06. The second kappa shape index (κ2) is 5.70. The number of ether oxygens (including phenoxy) is 1. The minimum Gasteiger partial charge on any atom is -0.375 e. The first-order chi connectivity index (χ1) is 9.22. The highest BCUT2D eigenvalue weighted by molar-refractivity contribution is 14.1. The predicted octanol–water partition coefficient (Wildman–Crippen LogP) is 3.90. The quantitative estimate of drug-likeness (QED) is 0.814. The first-order valence-electron chi connectivity index (χ1n) is 7.29. The monoisotopic (exact) mass is 371 g/mol. The van der Waals surface area contributed by atoms with Crippen molar-refractivity contribution < 1.29 is 4.74 Å². The number of nitrogens with one attached hydrogen (secondary N) is 1. The van der Waals surface area contributed by atoms with E-state index in [0.29, 0.717) is 12.0 Å². The molecule has 3 rings (SSSR count). The van der Waals surface area contributed by atoms with Crippen molar-refractivity contribution in [2.24, 2.45) is 5.92 Å². The summed E-state index contributed by atoms with van der Waals surface area (Å²) in [6.07, 6.45) is 6.29. The van der Waals surface area contributed by atoms with Crippen LogP contribution in [-0.2, 0) is 4.74 Å². The van der Waals surface area contributed by atoms with Crippen LogP contribution in [0.2, 0.25) is 0 Å². The molecule has 0 amide bonds. The third-order valence-corrected chi connectivity index (χ3v) is 5.46. The summed E-state index contributed by atoms with van der Waals surface area (Å²) < 4.78 is 7.38. The van der Waals surface area contributed by atoms with Gasteiger partial charge in [0.15, 0.2) is 0 Å². The molecule has 1 aliphatic carbocycles. The normalized spacial score (nSPS) is 26.9. The third-order valence-electron chi connectivity index (χ3n) is 4.79. The van der Waals surface area contributed by atoms with Crippen LogP contribution in [0.1, 0.15) is 43.7 Å². The largest absolute Gasteiger partial charge is 0.375 e. The Kier molecular flexibility index (Phi) is 4.15. The van der Waals surface area contributed by atoms with Gasteiger partial charge in [0.05, 0.1) is 5.60 Å². The van der Waals surface area contributed by atoms with Crippen LogP contribution in [-0.4, -0.2) is 19.3 Å². The molecule has 2 atom stereocenters. The molecule has 2 aliphatic rings. The van der Waals surface area contributed by atoms with Crippen LogP contribution in [0.5, 0.6) is 0 Å². The summed E-state index contributed by atoms with van der Waals surface area (Å²) in [4.78, 5) is 0. The zero-order chi connectivity index (χ0) is 13.3. The molecule has 0 radical (unpaired) electrons. The summed E-state index contributed by atoms with van der Waals surface area (Å²) in [6, 6.07) is 9.36. The Bertz CT molecular complexity index is 444. The van der Waals surface area contributed by atoms with Gasteiger partial charge in [0.25, 0.3) is 0 Å². The van der Waals surface area contributed by atoms with E-state index in [1.807, 2.05) is 0 Å². The molecule has 0 aromatic heterocycles. The number of hydrogen-bond donors (Lipinski definition) is 1. The summed E-state index contributed by atoms with van der Waals surface area (Å²) in [5, 5.41) is 3.54. The lowest BCUT2D eigenvalue weighted by molar-refractivity contribution is -0.147. The highest BCUT2D eigenvalue weighted by Crippen LogP contribution is 2.47. The van der Waals surface area contributed by atoms with Crippen molar-refractivity contribution in [2.75, 3.05) is 13.7 Å². The molecular formula is C16H22INO. The van der Waals surface area contributed by atoms with Gasteiger partial charge < -0.3 is 10.1 Å². The van der Waals surface area contributed by atoms with Crippen LogP contribution in [0.3, 0.4) is 0 Å². The van der Waals surface area contributed by atoms with E-state index in [1.54, 1.807) is 0 Å². The van der Waals surface area contributed by atoms with Gasteiger partial charge in [0.2, 0.25) is 0 Å². The van der Waals surface area contributed by atoms with E-state index in [2.05, 4.69) is 59.2 Å². The molecule has 2 unspecified atom stereocenters. The third kappa shape index (κ3) is 2.83. The van der Waals surface area contributed by atoms with E-state index in [0.717, 1.165) is 6.61 Å².